The second-order valence-electron chi connectivity index (χ2n) is 7.03. The van der Waals surface area contributed by atoms with E-state index in [1.54, 1.807) is 30.3 Å². The zero-order valence-electron chi connectivity index (χ0n) is 16.9. The van der Waals surface area contributed by atoms with Crippen molar-refractivity contribution < 1.29 is 22.7 Å². The minimum atomic E-state index is -3.74. The fourth-order valence-corrected chi connectivity index (χ4v) is 5.16. The fraction of sp³-hybridized carbons (Fsp3) is 0.227. The van der Waals surface area contributed by atoms with E-state index in [9.17, 15) is 13.2 Å². The van der Waals surface area contributed by atoms with E-state index in [-0.39, 0.29) is 17.0 Å². The highest BCUT2D eigenvalue weighted by Gasteiger charge is 2.22. The quantitative estimate of drug-likeness (QED) is 0.604. The third-order valence-corrected chi connectivity index (χ3v) is 7.43. The zero-order chi connectivity index (χ0) is 21.8. The fourth-order valence-electron chi connectivity index (χ4n) is 3.13. The van der Waals surface area contributed by atoms with Crippen molar-refractivity contribution in [3.05, 3.63) is 70.4 Å². The molecule has 0 atom stereocenters. The Morgan fingerprint density at radius 2 is 1.87 bits per heavy atom. The Balaban J connectivity index is 1.51. The maximum Gasteiger partial charge on any atom is 0.255 e. The van der Waals surface area contributed by atoms with Gasteiger partial charge in [0.1, 0.15) is 0 Å². The average molecular weight is 459 g/mol. The Hall–Kier alpha value is -2.88. The summed E-state index contributed by atoms with van der Waals surface area (Å²) in [6.07, 6.45) is 0.790. The van der Waals surface area contributed by atoms with Crippen molar-refractivity contribution in [1.29, 1.82) is 0 Å². The van der Waals surface area contributed by atoms with Gasteiger partial charge in [0.05, 0.1) is 18.1 Å². The Labute approximate surface area is 185 Å². The van der Waals surface area contributed by atoms with Gasteiger partial charge >= 0.3 is 0 Å². The number of anilines is 1. The number of sulfonamides is 1. The predicted octanol–water partition coefficient (Wildman–Crippen LogP) is 3.98. The van der Waals surface area contributed by atoms with Crippen LogP contribution in [0.5, 0.6) is 11.5 Å². The van der Waals surface area contributed by atoms with E-state index in [1.165, 1.54) is 34.8 Å². The number of amides is 1. The molecule has 0 spiro atoms. The van der Waals surface area contributed by atoms with Crippen LogP contribution in [0.15, 0.2) is 64.9 Å². The number of carbonyl (C=O) groups excluding carboxylic acids is 1. The van der Waals surface area contributed by atoms with E-state index < -0.39 is 15.9 Å². The van der Waals surface area contributed by atoms with Gasteiger partial charge in [0.25, 0.3) is 5.91 Å². The molecule has 2 aromatic carbocycles. The molecule has 0 saturated heterocycles. The topological polar surface area (TPSA) is 84.9 Å². The Morgan fingerprint density at radius 1 is 1.06 bits per heavy atom. The summed E-state index contributed by atoms with van der Waals surface area (Å²) in [4.78, 5) is 13.8. The molecule has 9 heteroatoms. The Kier molecular flexibility index (Phi) is 6.26. The molecular formula is C22H22N2O5S2. The number of hydrogen-bond donors (Lipinski definition) is 1. The first kappa shape index (κ1) is 21.4. The summed E-state index contributed by atoms with van der Waals surface area (Å²) in [6, 6.07) is 15.0. The van der Waals surface area contributed by atoms with Crippen LogP contribution in [0.3, 0.4) is 0 Å². The summed E-state index contributed by atoms with van der Waals surface area (Å²) in [5.41, 5.74) is 0.787. The van der Waals surface area contributed by atoms with E-state index in [0.29, 0.717) is 30.4 Å². The minimum Gasteiger partial charge on any atom is -0.490 e. The van der Waals surface area contributed by atoms with Crippen LogP contribution >= 0.6 is 11.3 Å². The number of hydrogen-bond acceptors (Lipinski definition) is 6. The molecule has 31 heavy (non-hydrogen) atoms. The van der Waals surface area contributed by atoms with E-state index in [1.807, 2.05) is 17.5 Å². The molecule has 0 unspecified atom stereocenters. The van der Waals surface area contributed by atoms with Crippen molar-refractivity contribution in [3.8, 4) is 11.5 Å². The van der Waals surface area contributed by atoms with Gasteiger partial charge in [-0.15, -0.1) is 11.3 Å². The van der Waals surface area contributed by atoms with Crippen molar-refractivity contribution in [2.45, 2.75) is 17.9 Å². The first-order valence-corrected chi connectivity index (χ1v) is 12.1. The van der Waals surface area contributed by atoms with Crippen molar-refractivity contribution in [3.63, 3.8) is 0 Å². The molecular weight excluding hydrogens is 436 g/mol. The number of nitrogens with one attached hydrogen (secondary N) is 1. The van der Waals surface area contributed by atoms with Crippen molar-refractivity contribution in [2.75, 3.05) is 25.6 Å². The van der Waals surface area contributed by atoms with Crippen LogP contribution in [0, 0.1) is 0 Å². The molecule has 1 aliphatic heterocycles. The molecule has 4 rings (SSSR count). The molecule has 1 amide bonds. The Bertz CT molecular complexity index is 1180. The van der Waals surface area contributed by atoms with Gasteiger partial charge in [0.15, 0.2) is 11.5 Å². The molecule has 162 valence electrons. The second kappa shape index (κ2) is 9.09. The number of fused-ring (bicyclic) bond motifs is 1. The summed E-state index contributed by atoms with van der Waals surface area (Å²) in [6.45, 7) is 1.40. The van der Waals surface area contributed by atoms with E-state index in [2.05, 4.69) is 5.32 Å². The molecule has 0 aliphatic carbocycles. The first-order valence-electron chi connectivity index (χ1n) is 9.73. The maximum absolute atomic E-state index is 13.0. The lowest BCUT2D eigenvalue weighted by molar-refractivity contribution is 0.102. The van der Waals surface area contributed by atoms with Crippen LogP contribution in [-0.2, 0) is 16.6 Å². The van der Waals surface area contributed by atoms with Gasteiger partial charge in [-0.05, 0) is 41.8 Å². The molecule has 1 N–H and O–H groups in total. The highest BCUT2D eigenvalue weighted by molar-refractivity contribution is 7.89. The number of carbonyl (C=O) groups is 1. The number of thiophene rings is 1. The van der Waals surface area contributed by atoms with Gasteiger partial charge in [-0.3, -0.25) is 4.79 Å². The van der Waals surface area contributed by atoms with Gasteiger partial charge in [0, 0.05) is 42.2 Å². The van der Waals surface area contributed by atoms with E-state index >= 15 is 0 Å². The van der Waals surface area contributed by atoms with Crippen LogP contribution in [0.1, 0.15) is 21.7 Å². The third-order valence-electron chi connectivity index (χ3n) is 4.77. The van der Waals surface area contributed by atoms with Gasteiger partial charge in [-0.1, -0.05) is 12.1 Å². The third kappa shape index (κ3) is 4.90. The second-order valence-corrected chi connectivity index (χ2v) is 10.1. The first-order chi connectivity index (χ1) is 14.9. The smallest absolute Gasteiger partial charge is 0.255 e. The van der Waals surface area contributed by atoms with Gasteiger partial charge in [-0.2, -0.15) is 4.31 Å². The average Bonchev–Trinajstić information content (AvgIpc) is 3.16. The number of benzene rings is 2. The summed E-state index contributed by atoms with van der Waals surface area (Å²) < 4.78 is 38.4. The molecule has 2 heterocycles. The molecule has 0 saturated carbocycles. The Morgan fingerprint density at radius 3 is 2.65 bits per heavy atom. The van der Waals surface area contributed by atoms with Crippen LogP contribution in [0.25, 0.3) is 0 Å². The van der Waals surface area contributed by atoms with Crippen LogP contribution in [-0.4, -0.2) is 38.9 Å². The van der Waals surface area contributed by atoms with Crippen molar-refractivity contribution >= 4 is 33.0 Å². The number of nitrogens with zero attached hydrogens (tertiary/aromatic N) is 1. The highest BCUT2D eigenvalue weighted by Crippen LogP contribution is 2.32. The SMILES string of the molecule is CN(Cc1cccs1)S(=O)(=O)c1cccc(C(=O)Nc2ccc3c(c2)OCCCO3)c1. The van der Waals surface area contributed by atoms with Gasteiger partial charge < -0.3 is 14.8 Å². The van der Waals surface area contributed by atoms with Gasteiger partial charge in [0.2, 0.25) is 10.0 Å². The molecule has 0 fully saturated rings. The van der Waals surface area contributed by atoms with Gasteiger partial charge in [-0.25, -0.2) is 8.42 Å². The monoisotopic (exact) mass is 458 g/mol. The van der Waals surface area contributed by atoms with E-state index in [4.69, 9.17) is 9.47 Å². The molecule has 1 aromatic heterocycles. The largest absolute Gasteiger partial charge is 0.490 e. The summed E-state index contributed by atoms with van der Waals surface area (Å²) in [7, 11) is -2.21. The molecule has 0 radical (unpaired) electrons. The lowest BCUT2D eigenvalue weighted by Crippen LogP contribution is -2.26. The lowest BCUT2D eigenvalue weighted by atomic mass is 10.2. The number of rotatable bonds is 6. The highest BCUT2D eigenvalue weighted by atomic mass is 32.2. The zero-order valence-corrected chi connectivity index (χ0v) is 18.5. The normalized spacial score (nSPS) is 13.6. The molecule has 3 aromatic rings. The maximum atomic E-state index is 13.0. The minimum absolute atomic E-state index is 0.0675. The summed E-state index contributed by atoms with van der Waals surface area (Å²) in [5, 5.41) is 4.69. The molecule has 7 nitrogen and oxygen atoms in total. The van der Waals surface area contributed by atoms with Crippen LogP contribution in [0.4, 0.5) is 5.69 Å². The number of ether oxygens (including phenoxy) is 2. The van der Waals surface area contributed by atoms with Crippen molar-refractivity contribution in [1.82, 2.24) is 4.31 Å². The standard InChI is InChI=1S/C22H22N2O5S2/c1-24(15-18-6-3-12-30-18)31(26,27)19-7-2-5-16(13-19)22(25)23-17-8-9-20-21(14-17)29-11-4-10-28-20/h2-3,5-9,12-14H,4,10-11,15H2,1H3,(H,23,25). The van der Waals surface area contributed by atoms with Crippen LogP contribution < -0.4 is 14.8 Å². The molecule has 0 bridgehead atoms. The lowest BCUT2D eigenvalue weighted by Gasteiger charge is -2.17. The van der Waals surface area contributed by atoms with Crippen molar-refractivity contribution in [2.24, 2.45) is 0 Å². The van der Waals surface area contributed by atoms with Crippen LogP contribution in [0.2, 0.25) is 0 Å². The summed E-state index contributed by atoms with van der Waals surface area (Å²) >= 11 is 1.49. The van der Waals surface area contributed by atoms with E-state index in [0.717, 1.165) is 11.3 Å². The summed E-state index contributed by atoms with van der Waals surface area (Å²) in [5.74, 6) is 0.798. The predicted molar refractivity (Wildman–Crippen MR) is 119 cm³/mol. The molecule has 1 aliphatic rings.